The van der Waals surface area contributed by atoms with Crippen molar-refractivity contribution < 1.29 is 0 Å². The van der Waals surface area contributed by atoms with Gasteiger partial charge >= 0.3 is 0 Å². The minimum absolute atomic E-state index is 0.437. The first kappa shape index (κ1) is 19.9. The summed E-state index contributed by atoms with van der Waals surface area (Å²) in [5, 5.41) is 10.9. The fraction of sp³-hybridized carbons (Fsp3) is 0.458. The quantitative estimate of drug-likeness (QED) is 0.517. The van der Waals surface area contributed by atoms with Crippen molar-refractivity contribution >= 4 is 11.6 Å². The van der Waals surface area contributed by atoms with Gasteiger partial charge < -0.3 is 0 Å². The molecule has 0 heterocycles. The third kappa shape index (κ3) is 4.72. The first-order valence-electron chi connectivity index (χ1n) is 10.0. The Balaban J connectivity index is 1.70. The molecule has 2 aromatic carbocycles. The normalized spacial score (nSPS) is 16.3. The van der Waals surface area contributed by atoms with Gasteiger partial charge in [0.2, 0.25) is 0 Å². The maximum Gasteiger partial charge on any atom is 0.0865 e. The van der Waals surface area contributed by atoms with Gasteiger partial charge in [-0.05, 0) is 69.2 Å². The van der Waals surface area contributed by atoms with Gasteiger partial charge in [-0.25, -0.2) is 0 Å². The second-order valence-corrected chi connectivity index (χ2v) is 8.40. The van der Waals surface area contributed by atoms with Crippen molar-refractivity contribution in [2.24, 2.45) is 5.92 Å². The van der Waals surface area contributed by atoms with Gasteiger partial charge in [0.05, 0.1) is 11.5 Å². The Kier molecular flexibility index (Phi) is 6.58. The zero-order valence-electron chi connectivity index (χ0n) is 16.4. The van der Waals surface area contributed by atoms with Crippen LogP contribution in [-0.2, 0) is 12.0 Å². The lowest BCUT2D eigenvalue weighted by Crippen LogP contribution is -2.34. The van der Waals surface area contributed by atoms with Crippen LogP contribution in [0.4, 0.5) is 0 Å². The van der Waals surface area contributed by atoms with Crippen LogP contribution in [0.25, 0.3) is 0 Å². The zero-order chi connectivity index (χ0) is 19.3. The minimum atomic E-state index is -0.437. The number of rotatable bonds is 9. The van der Waals surface area contributed by atoms with E-state index < -0.39 is 5.41 Å². The van der Waals surface area contributed by atoms with Crippen LogP contribution in [0.5, 0.6) is 0 Å². The van der Waals surface area contributed by atoms with E-state index in [4.69, 9.17) is 11.6 Å². The topological polar surface area (TPSA) is 27.0 Å². The molecule has 0 bridgehead atoms. The molecule has 3 rings (SSSR count). The van der Waals surface area contributed by atoms with E-state index in [9.17, 15) is 5.26 Å². The Morgan fingerprint density at radius 1 is 1.11 bits per heavy atom. The van der Waals surface area contributed by atoms with Crippen molar-refractivity contribution in [1.29, 1.82) is 5.26 Å². The smallest absolute Gasteiger partial charge is 0.0865 e. The van der Waals surface area contributed by atoms with E-state index in [1.165, 1.54) is 5.56 Å². The van der Waals surface area contributed by atoms with Gasteiger partial charge in [-0.1, -0.05) is 60.1 Å². The lowest BCUT2D eigenvalue weighted by molar-refractivity contribution is 0.202. The third-order valence-electron chi connectivity index (χ3n) is 5.80. The SMILES string of the molecule is CC(C)N(CCCC(C#N)(c1ccccc1Cl)C1CC1)Cc1ccccc1. The van der Waals surface area contributed by atoms with Gasteiger partial charge in [-0.2, -0.15) is 5.26 Å². The molecule has 0 spiro atoms. The molecule has 1 atom stereocenters. The minimum Gasteiger partial charge on any atom is -0.297 e. The summed E-state index contributed by atoms with van der Waals surface area (Å²) < 4.78 is 0. The highest BCUT2D eigenvalue weighted by molar-refractivity contribution is 6.31. The number of halogens is 1. The number of hydrogen-bond acceptors (Lipinski definition) is 2. The fourth-order valence-corrected chi connectivity index (χ4v) is 4.37. The van der Waals surface area contributed by atoms with Crippen molar-refractivity contribution in [2.45, 2.75) is 57.5 Å². The maximum atomic E-state index is 10.2. The first-order chi connectivity index (χ1) is 13.1. The van der Waals surface area contributed by atoms with E-state index in [-0.39, 0.29) is 0 Å². The summed E-state index contributed by atoms with van der Waals surface area (Å²) in [5.74, 6) is 0.448. The molecule has 3 heteroatoms. The van der Waals surface area contributed by atoms with Crippen LogP contribution in [0.3, 0.4) is 0 Å². The Morgan fingerprint density at radius 3 is 2.37 bits per heavy atom. The van der Waals surface area contributed by atoms with Crippen LogP contribution in [-0.4, -0.2) is 17.5 Å². The van der Waals surface area contributed by atoms with E-state index in [0.717, 1.165) is 49.4 Å². The molecule has 0 N–H and O–H groups in total. The monoisotopic (exact) mass is 380 g/mol. The molecule has 1 aliphatic carbocycles. The first-order valence-corrected chi connectivity index (χ1v) is 10.4. The number of nitrogens with zero attached hydrogens (tertiary/aromatic N) is 2. The molecule has 27 heavy (non-hydrogen) atoms. The third-order valence-corrected chi connectivity index (χ3v) is 6.13. The molecule has 0 saturated heterocycles. The highest BCUT2D eigenvalue weighted by atomic mass is 35.5. The lowest BCUT2D eigenvalue weighted by atomic mass is 9.73. The molecule has 1 saturated carbocycles. The Labute approximate surface area is 168 Å². The molecule has 0 aliphatic heterocycles. The zero-order valence-corrected chi connectivity index (χ0v) is 17.1. The Bertz CT molecular complexity index is 776. The molecular formula is C24H29ClN2. The van der Waals surface area contributed by atoms with Crippen LogP contribution in [0, 0.1) is 17.2 Å². The maximum absolute atomic E-state index is 10.2. The standard InChI is InChI=1S/C24H29ClN2/c1-19(2)27(17-20-9-4-3-5-10-20)16-8-15-24(18-26,21-13-14-21)22-11-6-7-12-23(22)25/h3-7,9-12,19,21H,8,13-17H2,1-2H3. The number of benzene rings is 2. The molecule has 2 aromatic rings. The van der Waals surface area contributed by atoms with Gasteiger partial charge in [0.25, 0.3) is 0 Å². The van der Waals surface area contributed by atoms with E-state index in [1.807, 2.05) is 24.3 Å². The summed E-state index contributed by atoms with van der Waals surface area (Å²) in [5.41, 5.74) is 1.93. The van der Waals surface area contributed by atoms with E-state index >= 15 is 0 Å². The summed E-state index contributed by atoms with van der Waals surface area (Å²) in [6.07, 6.45) is 4.14. The average Bonchev–Trinajstić information content (AvgIpc) is 3.52. The number of nitriles is 1. The second kappa shape index (κ2) is 8.91. The van der Waals surface area contributed by atoms with Gasteiger partial charge in [0.15, 0.2) is 0 Å². The van der Waals surface area contributed by atoms with Gasteiger partial charge in [-0.15, -0.1) is 0 Å². The molecule has 1 fully saturated rings. The van der Waals surface area contributed by atoms with Crippen LogP contribution < -0.4 is 0 Å². The summed E-state index contributed by atoms with van der Waals surface area (Å²) in [7, 11) is 0. The van der Waals surface area contributed by atoms with Crippen LogP contribution in [0.15, 0.2) is 54.6 Å². The molecule has 2 nitrogen and oxygen atoms in total. The molecule has 0 amide bonds. The molecule has 0 aromatic heterocycles. The highest BCUT2D eigenvalue weighted by Gasteiger charge is 2.47. The predicted octanol–water partition coefficient (Wildman–Crippen LogP) is 6.20. The van der Waals surface area contributed by atoms with Crippen molar-refractivity contribution in [3.63, 3.8) is 0 Å². The molecular weight excluding hydrogens is 352 g/mol. The largest absolute Gasteiger partial charge is 0.297 e. The van der Waals surface area contributed by atoms with Crippen LogP contribution >= 0.6 is 11.6 Å². The van der Waals surface area contributed by atoms with Gasteiger partial charge in [0.1, 0.15) is 0 Å². The summed E-state index contributed by atoms with van der Waals surface area (Å²) >= 11 is 6.50. The van der Waals surface area contributed by atoms with Crippen molar-refractivity contribution in [1.82, 2.24) is 4.90 Å². The van der Waals surface area contributed by atoms with Gasteiger partial charge in [-0.3, -0.25) is 4.90 Å². The van der Waals surface area contributed by atoms with Crippen molar-refractivity contribution in [2.75, 3.05) is 6.54 Å². The average molecular weight is 381 g/mol. The Hall–Kier alpha value is -1.82. The predicted molar refractivity (Wildman–Crippen MR) is 113 cm³/mol. The van der Waals surface area contributed by atoms with Crippen LogP contribution in [0.2, 0.25) is 5.02 Å². The summed E-state index contributed by atoms with van der Waals surface area (Å²) in [4.78, 5) is 2.50. The highest BCUT2D eigenvalue weighted by Crippen LogP contribution is 2.51. The van der Waals surface area contributed by atoms with Gasteiger partial charge in [0, 0.05) is 17.6 Å². The number of hydrogen-bond donors (Lipinski definition) is 0. The van der Waals surface area contributed by atoms with E-state index in [2.05, 4.69) is 55.1 Å². The lowest BCUT2D eigenvalue weighted by Gasteiger charge is -2.31. The molecule has 1 unspecified atom stereocenters. The van der Waals surface area contributed by atoms with Crippen molar-refractivity contribution in [3.05, 3.63) is 70.7 Å². The fourth-order valence-electron chi connectivity index (χ4n) is 4.06. The van der Waals surface area contributed by atoms with Crippen molar-refractivity contribution in [3.8, 4) is 6.07 Å². The molecule has 1 aliphatic rings. The molecule has 142 valence electrons. The summed E-state index contributed by atoms with van der Waals surface area (Å²) in [6, 6.07) is 21.7. The molecule has 0 radical (unpaired) electrons. The summed E-state index contributed by atoms with van der Waals surface area (Å²) in [6.45, 7) is 6.44. The van der Waals surface area contributed by atoms with E-state index in [0.29, 0.717) is 12.0 Å². The Morgan fingerprint density at radius 2 is 1.78 bits per heavy atom. The second-order valence-electron chi connectivity index (χ2n) is 7.99. The van der Waals surface area contributed by atoms with E-state index in [1.54, 1.807) is 0 Å². The van der Waals surface area contributed by atoms with Crippen LogP contribution in [0.1, 0.15) is 50.7 Å².